The van der Waals surface area contributed by atoms with Crippen LogP contribution in [0.5, 0.6) is 0 Å². The standard InChI is InChI=1S/C27H35N7O2S/c1-17(2)23-24(20-11-34-26(28-16-29-34)19(4)18(20)3)30-21-7-8-22(31-25(21)23)33-14-27(15-33)12-32(13-27)9-6-10-37(5,35)36/h7-8,11,16-17,30H,6,9-10,12-15H2,1-5H3. The number of hydrogen-bond acceptors (Lipinski definition) is 7. The molecule has 0 radical (unpaired) electrons. The number of fused-ring (bicyclic) bond motifs is 2. The van der Waals surface area contributed by atoms with Crippen molar-refractivity contribution in [2.75, 3.05) is 49.6 Å². The van der Waals surface area contributed by atoms with E-state index in [9.17, 15) is 8.42 Å². The van der Waals surface area contributed by atoms with E-state index >= 15 is 0 Å². The van der Waals surface area contributed by atoms with Gasteiger partial charge in [0.25, 0.3) is 0 Å². The summed E-state index contributed by atoms with van der Waals surface area (Å²) in [6.45, 7) is 13.7. The molecule has 0 bridgehead atoms. The van der Waals surface area contributed by atoms with Crippen LogP contribution in [0.3, 0.4) is 0 Å². The number of H-pyrrole nitrogens is 1. The number of aromatic amines is 1. The molecule has 0 atom stereocenters. The molecule has 2 aliphatic rings. The molecule has 37 heavy (non-hydrogen) atoms. The van der Waals surface area contributed by atoms with Gasteiger partial charge in [-0.2, -0.15) is 5.10 Å². The maximum atomic E-state index is 11.4. The molecule has 1 spiro atoms. The molecule has 10 heteroatoms. The highest BCUT2D eigenvalue weighted by molar-refractivity contribution is 7.90. The summed E-state index contributed by atoms with van der Waals surface area (Å²) < 4.78 is 24.6. The van der Waals surface area contributed by atoms with Gasteiger partial charge >= 0.3 is 0 Å². The molecule has 4 aromatic rings. The number of sulfone groups is 1. The summed E-state index contributed by atoms with van der Waals surface area (Å²) in [6, 6.07) is 4.29. The summed E-state index contributed by atoms with van der Waals surface area (Å²) in [5, 5.41) is 4.39. The first-order chi connectivity index (χ1) is 17.5. The van der Waals surface area contributed by atoms with E-state index in [-0.39, 0.29) is 5.75 Å². The summed E-state index contributed by atoms with van der Waals surface area (Å²) in [5.74, 6) is 1.60. The van der Waals surface area contributed by atoms with Crippen molar-refractivity contribution in [3.05, 3.63) is 41.3 Å². The van der Waals surface area contributed by atoms with Gasteiger partial charge < -0.3 is 14.8 Å². The zero-order valence-electron chi connectivity index (χ0n) is 22.2. The molecule has 0 unspecified atom stereocenters. The smallest absolute Gasteiger partial charge is 0.158 e. The van der Waals surface area contributed by atoms with Gasteiger partial charge in [0.15, 0.2) is 5.65 Å². The molecule has 0 amide bonds. The van der Waals surface area contributed by atoms with Crippen LogP contribution in [-0.2, 0) is 9.84 Å². The van der Waals surface area contributed by atoms with Crippen LogP contribution in [0.2, 0.25) is 0 Å². The minimum atomic E-state index is -2.88. The van der Waals surface area contributed by atoms with Crippen LogP contribution < -0.4 is 4.90 Å². The third kappa shape index (κ3) is 4.20. The molecule has 6 heterocycles. The maximum Gasteiger partial charge on any atom is 0.158 e. The first-order valence-electron chi connectivity index (χ1n) is 13.0. The zero-order valence-corrected chi connectivity index (χ0v) is 23.1. The molecular formula is C27H35N7O2S. The van der Waals surface area contributed by atoms with Crippen LogP contribution in [0, 0.1) is 19.3 Å². The molecule has 4 aromatic heterocycles. The number of pyridine rings is 2. The lowest BCUT2D eigenvalue weighted by atomic mass is 9.73. The highest BCUT2D eigenvalue weighted by atomic mass is 32.2. The fourth-order valence-corrected chi connectivity index (χ4v) is 6.87. The Morgan fingerprint density at radius 3 is 2.57 bits per heavy atom. The van der Waals surface area contributed by atoms with Gasteiger partial charge in [-0.3, -0.25) is 0 Å². The lowest BCUT2D eigenvalue weighted by Gasteiger charge is -2.60. The molecule has 9 nitrogen and oxygen atoms in total. The average molecular weight is 522 g/mol. The van der Waals surface area contributed by atoms with Crippen LogP contribution in [0.4, 0.5) is 5.82 Å². The Morgan fingerprint density at radius 2 is 1.86 bits per heavy atom. The van der Waals surface area contributed by atoms with Crippen molar-refractivity contribution in [1.82, 2.24) is 29.5 Å². The van der Waals surface area contributed by atoms with Crippen molar-refractivity contribution in [2.45, 2.75) is 40.0 Å². The predicted molar refractivity (Wildman–Crippen MR) is 147 cm³/mol. The van der Waals surface area contributed by atoms with Crippen molar-refractivity contribution < 1.29 is 8.42 Å². The Kier molecular flexibility index (Phi) is 5.61. The van der Waals surface area contributed by atoms with Crippen LogP contribution in [-0.4, -0.2) is 82.6 Å². The second-order valence-electron chi connectivity index (χ2n) is 11.5. The van der Waals surface area contributed by atoms with Gasteiger partial charge in [-0.15, -0.1) is 0 Å². The second-order valence-corrected chi connectivity index (χ2v) is 13.8. The van der Waals surface area contributed by atoms with Gasteiger partial charge in [-0.05, 0) is 56.0 Å². The normalized spacial score (nSPS) is 17.7. The van der Waals surface area contributed by atoms with Crippen molar-refractivity contribution in [1.29, 1.82) is 0 Å². The fourth-order valence-electron chi connectivity index (χ4n) is 6.22. The van der Waals surface area contributed by atoms with Crippen LogP contribution in [0.1, 0.15) is 42.9 Å². The van der Waals surface area contributed by atoms with E-state index in [2.05, 4.69) is 70.9 Å². The van der Waals surface area contributed by atoms with Crippen LogP contribution in [0.25, 0.3) is 27.9 Å². The summed E-state index contributed by atoms with van der Waals surface area (Å²) in [6.07, 6.45) is 5.70. The van der Waals surface area contributed by atoms with Gasteiger partial charge in [-0.25, -0.2) is 22.9 Å². The summed E-state index contributed by atoms with van der Waals surface area (Å²) >= 11 is 0. The summed E-state index contributed by atoms with van der Waals surface area (Å²) in [5.41, 5.74) is 9.11. The quantitative estimate of drug-likeness (QED) is 0.397. The fraction of sp³-hybridized carbons (Fsp3) is 0.519. The topological polar surface area (TPSA) is 99.5 Å². The number of aromatic nitrogens is 5. The third-order valence-corrected chi connectivity index (χ3v) is 9.15. The number of hydrogen-bond donors (Lipinski definition) is 1. The molecule has 2 fully saturated rings. The highest BCUT2D eigenvalue weighted by Gasteiger charge is 2.51. The predicted octanol–water partition coefficient (Wildman–Crippen LogP) is 3.57. The Hall–Kier alpha value is -2.98. The third-order valence-electron chi connectivity index (χ3n) is 8.12. The Morgan fingerprint density at radius 1 is 1.11 bits per heavy atom. The molecule has 0 aromatic carbocycles. The molecule has 196 valence electrons. The number of nitrogens with one attached hydrogen (secondary N) is 1. The Balaban J connectivity index is 1.23. The average Bonchev–Trinajstić information content (AvgIpc) is 3.39. The van der Waals surface area contributed by atoms with Gasteiger partial charge in [0.05, 0.1) is 22.5 Å². The Labute approximate surface area is 217 Å². The molecular weight excluding hydrogens is 486 g/mol. The molecule has 2 aliphatic heterocycles. The van der Waals surface area contributed by atoms with Gasteiger partial charge in [0.1, 0.15) is 22.0 Å². The maximum absolute atomic E-state index is 11.4. The number of aryl methyl sites for hydroxylation is 1. The van der Waals surface area contributed by atoms with Gasteiger partial charge in [0.2, 0.25) is 0 Å². The number of nitrogens with zero attached hydrogens (tertiary/aromatic N) is 6. The van der Waals surface area contributed by atoms with E-state index in [1.54, 1.807) is 6.33 Å². The number of likely N-dealkylation sites (tertiary alicyclic amines) is 1. The molecule has 2 saturated heterocycles. The van der Waals surface area contributed by atoms with Gasteiger partial charge in [0, 0.05) is 55.2 Å². The Bertz CT molecular complexity index is 1600. The molecule has 0 aliphatic carbocycles. The van der Waals surface area contributed by atoms with E-state index in [0.717, 1.165) is 72.0 Å². The molecule has 6 rings (SSSR count). The summed E-state index contributed by atoms with van der Waals surface area (Å²) in [4.78, 5) is 18.0. The van der Waals surface area contributed by atoms with E-state index in [1.807, 2.05) is 4.52 Å². The first-order valence-corrected chi connectivity index (χ1v) is 15.1. The number of rotatable bonds is 7. The zero-order chi connectivity index (χ0) is 26.1. The summed E-state index contributed by atoms with van der Waals surface area (Å²) in [7, 11) is -2.88. The van der Waals surface area contributed by atoms with E-state index in [1.165, 1.54) is 17.4 Å². The van der Waals surface area contributed by atoms with Crippen molar-refractivity contribution in [3.8, 4) is 11.3 Å². The molecule has 0 saturated carbocycles. The lowest BCUT2D eigenvalue weighted by Crippen LogP contribution is -2.72. The van der Waals surface area contributed by atoms with Crippen LogP contribution >= 0.6 is 0 Å². The first kappa shape index (κ1) is 24.4. The second kappa shape index (κ2) is 8.52. The van der Waals surface area contributed by atoms with E-state index in [0.29, 0.717) is 17.8 Å². The van der Waals surface area contributed by atoms with Crippen LogP contribution in [0.15, 0.2) is 24.7 Å². The monoisotopic (exact) mass is 521 g/mol. The molecule has 1 N–H and O–H groups in total. The minimum Gasteiger partial charge on any atom is -0.355 e. The lowest BCUT2D eigenvalue weighted by molar-refractivity contribution is -0.0214. The highest BCUT2D eigenvalue weighted by Crippen LogP contribution is 2.43. The van der Waals surface area contributed by atoms with E-state index < -0.39 is 9.84 Å². The SMILES string of the molecule is Cc1c(-c2[nH]c3ccc(N4CC5(CN(CCCS(C)(=O)=O)C5)C4)nc3c2C(C)C)cn2ncnc2c1C. The largest absolute Gasteiger partial charge is 0.355 e. The van der Waals surface area contributed by atoms with E-state index in [4.69, 9.17) is 4.98 Å². The van der Waals surface area contributed by atoms with Crippen molar-refractivity contribution in [3.63, 3.8) is 0 Å². The van der Waals surface area contributed by atoms with Crippen molar-refractivity contribution in [2.24, 2.45) is 5.41 Å². The van der Waals surface area contributed by atoms with Crippen molar-refractivity contribution >= 4 is 32.3 Å². The van der Waals surface area contributed by atoms with Gasteiger partial charge in [-0.1, -0.05) is 13.8 Å². The minimum absolute atomic E-state index is 0.273. The number of anilines is 1.